The molecule has 20 heteroatoms. The van der Waals surface area contributed by atoms with Crippen molar-refractivity contribution in [2.24, 2.45) is 50.2 Å². The van der Waals surface area contributed by atoms with E-state index in [0.717, 1.165) is 25.7 Å². The highest BCUT2D eigenvalue weighted by atomic mass is 16.8. The predicted molar refractivity (Wildman–Crippen MR) is 233 cm³/mol. The van der Waals surface area contributed by atoms with Gasteiger partial charge in [0.15, 0.2) is 18.9 Å². The summed E-state index contributed by atoms with van der Waals surface area (Å²) in [6.45, 7) is 10.1. The maximum Gasteiger partial charge on any atom is 0.310 e. The van der Waals surface area contributed by atoms with Crippen molar-refractivity contribution < 1.29 is 99.6 Å². The number of aliphatic hydroxyl groups is 12. The second kappa shape index (κ2) is 18.8. The van der Waals surface area contributed by atoms with E-state index in [-0.39, 0.29) is 40.4 Å². The van der Waals surface area contributed by atoms with E-state index >= 15 is 0 Å². The van der Waals surface area contributed by atoms with Gasteiger partial charge in [-0.3, -0.25) is 4.79 Å². The fourth-order valence-corrected chi connectivity index (χ4v) is 15.3. The molecule has 3 saturated heterocycles. The number of carboxylic acids is 1. The Kier molecular flexibility index (Phi) is 14.6. The third kappa shape index (κ3) is 8.07. The molecule has 0 aromatic rings. The molecule has 0 spiro atoms. The average Bonchev–Trinajstić information content (AvgIpc) is 3.29. The standard InChI is InChI=1S/C48H78O20/c1-43(2)11-13-48(42(61)62)14-12-46(5)21(22(48)15-43)7-8-28-44(3)16-23(53)38(45(4,20-52)27(44)9-10-47(28,46)6)68-41-35(60)37(67-40-34(59)32(57)30(55)25(18-50)64-40)36(26(19-51)65-41)66-39-33(58)31(56)29(54)24(17-49)63-39/h7,22-41,49-60H,8-20H2,1-6H3,(H,61,62). The molecule has 8 rings (SSSR count). The van der Waals surface area contributed by atoms with Crippen molar-refractivity contribution in [1.29, 1.82) is 0 Å². The van der Waals surface area contributed by atoms with Crippen LogP contribution in [0, 0.1) is 50.2 Å². The number of carbonyl (C=O) groups is 1. The SMILES string of the molecule is CC1(C)CCC2(C(=O)O)CCC3(C)C(=CCC4C5(C)CC(O)C(OC6OC(CO)C(OC7OC(CO)C(O)C(O)C7O)C(OC7OC(CO)C(O)C(O)C7O)C6O)C(C)(CO)C5CCC43C)C2C1. The van der Waals surface area contributed by atoms with Crippen molar-refractivity contribution in [3.8, 4) is 0 Å². The van der Waals surface area contributed by atoms with Gasteiger partial charge in [0.05, 0.1) is 44.1 Å². The quantitative estimate of drug-likeness (QED) is 0.0841. The van der Waals surface area contributed by atoms with E-state index in [1.54, 1.807) is 0 Å². The van der Waals surface area contributed by atoms with E-state index < -0.39 is 153 Å². The maximum atomic E-state index is 13.2. The Morgan fingerprint density at radius 2 is 1.15 bits per heavy atom. The first-order chi connectivity index (χ1) is 31.8. The van der Waals surface area contributed by atoms with Crippen molar-refractivity contribution in [1.82, 2.24) is 0 Å². The molecule has 0 aromatic heterocycles. The minimum atomic E-state index is -1.98. The summed E-state index contributed by atoms with van der Waals surface area (Å²) in [5, 5.41) is 142. The minimum Gasteiger partial charge on any atom is -0.481 e. The van der Waals surface area contributed by atoms with Gasteiger partial charge in [0, 0.05) is 5.41 Å². The second-order valence-corrected chi connectivity index (χ2v) is 23.5. The number of ether oxygens (including phenoxy) is 6. The van der Waals surface area contributed by atoms with Gasteiger partial charge < -0.3 is 94.8 Å². The Labute approximate surface area is 396 Å². The molecule has 0 aromatic carbocycles. The Hall–Kier alpha value is -1.51. The smallest absolute Gasteiger partial charge is 0.310 e. The summed E-state index contributed by atoms with van der Waals surface area (Å²) in [4.78, 5) is 13.2. The van der Waals surface area contributed by atoms with E-state index in [4.69, 9.17) is 28.4 Å². The Bertz CT molecular complexity index is 1850. The number of aliphatic hydroxyl groups excluding tert-OH is 12. The molecular weight excluding hydrogens is 897 g/mol. The lowest BCUT2D eigenvalue weighted by Gasteiger charge is -2.71. The zero-order valence-corrected chi connectivity index (χ0v) is 40.0. The van der Waals surface area contributed by atoms with Gasteiger partial charge in [-0.1, -0.05) is 53.2 Å². The molecule has 0 bridgehead atoms. The predicted octanol–water partition coefficient (Wildman–Crippen LogP) is -1.35. The van der Waals surface area contributed by atoms with Crippen molar-refractivity contribution in [2.75, 3.05) is 26.4 Å². The summed E-state index contributed by atoms with van der Waals surface area (Å²) >= 11 is 0. The Morgan fingerprint density at radius 3 is 1.69 bits per heavy atom. The number of fused-ring (bicyclic) bond motifs is 7. The largest absolute Gasteiger partial charge is 0.481 e. The summed E-state index contributed by atoms with van der Waals surface area (Å²) in [5.74, 6) is -1.04. The Balaban J connectivity index is 1.09. The summed E-state index contributed by atoms with van der Waals surface area (Å²) in [6.07, 6.45) is -20.9. The molecule has 8 aliphatic rings. The van der Waals surface area contributed by atoms with Crippen LogP contribution in [0.15, 0.2) is 11.6 Å². The average molecular weight is 975 g/mol. The number of rotatable bonds is 11. The third-order valence-electron chi connectivity index (χ3n) is 19.5. The molecule has 4 saturated carbocycles. The highest BCUT2D eigenvalue weighted by molar-refractivity contribution is 5.76. The number of carboxylic acid groups (broad SMARTS) is 1. The summed E-state index contributed by atoms with van der Waals surface area (Å²) < 4.78 is 36.1. The van der Waals surface area contributed by atoms with Gasteiger partial charge >= 0.3 is 5.97 Å². The van der Waals surface area contributed by atoms with Gasteiger partial charge in [-0.2, -0.15) is 0 Å². The minimum absolute atomic E-state index is 0.00727. The Morgan fingerprint density at radius 1 is 0.618 bits per heavy atom. The molecule has 13 N–H and O–H groups in total. The fraction of sp³-hybridized carbons (Fsp3) is 0.938. The molecule has 25 atom stereocenters. The topological polar surface area (TPSA) is 335 Å². The van der Waals surface area contributed by atoms with Gasteiger partial charge in [-0.05, 0) is 97.2 Å². The molecule has 68 heavy (non-hydrogen) atoms. The van der Waals surface area contributed by atoms with Crippen LogP contribution >= 0.6 is 0 Å². The van der Waals surface area contributed by atoms with E-state index in [9.17, 15) is 71.2 Å². The summed E-state index contributed by atoms with van der Waals surface area (Å²) in [6, 6.07) is 0. The normalized spacial score (nSPS) is 54.6. The summed E-state index contributed by atoms with van der Waals surface area (Å²) in [7, 11) is 0. The highest BCUT2D eigenvalue weighted by Gasteiger charge is 2.71. The molecule has 20 nitrogen and oxygen atoms in total. The van der Waals surface area contributed by atoms with Crippen LogP contribution in [0.5, 0.6) is 0 Å². The molecule has 25 unspecified atom stereocenters. The number of aliphatic carboxylic acids is 1. The lowest BCUT2D eigenvalue weighted by molar-refractivity contribution is -0.397. The third-order valence-corrected chi connectivity index (χ3v) is 19.5. The monoisotopic (exact) mass is 975 g/mol. The molecule has 5 aliphatic carbocycles. The lowest BCUT2D eigenvalue weighted by atomic mass is 9.33. The number of hydrogen-bond donors (Lipinski definition) is 13. The van der Waals surface area contributed by atoms with Crippen LogP contribution in [0.3, 0.4) is 0 Å². The maximum absolute atomic E-state index is 13.2. The fourth-order valence-electron chi connectivity index (χ4n) is 15.3. The van der Waals surface area contributed by atoms with E-state index in [1.165, 1.54) is 5.57 Å². The molecule has 3 aliphatic heterocycles. The molecular formula is C48H78O20. The van der Waals surface area contributed by atoms with Gasteiger partial charge in [0.1, 0.15) is 73.2 Å². The van der Waals surface area contributed by atoms with Gasteiger partial charge in [-0.25, -0.2) is 0 Å². The van der Waals surface area contributed by atoms with Gasteiger partial charge in [0.2, 0.25) is 0 Å². The van der Waals surface area contributed by atoms with Crippen LogP contribution in [0.1, 0.15) is 99.3 Å². The lowest BCUT2D eigenvalue weighted by Crippen LogP contribution is -2.70. The van der Waals surface area contributed by atoms with E-state index in [1.807, 2.05) is 6.92 Å². The van der Waals surface area contributed by atoms with E-state index in [2.05, 4.69) is 40.7 Å². The highest BCUT2D eigenvalue weighted by Crippen LogP contribution is 2.76. The van der Waals surface area contributed by atoms with Crippen LogP contribution < -0.4 is 0 Å². The van der Waals surface area contributed by atoms with Gasteiger partial charge in [-0.15, -0.1) is 0 Å². The first-order valence-electron chi connectivity index (χ1n) is 24.6. The van der Waals surface area contributed by atoms with Crippen molar-refractivity contribution in [2.45, 2.75) is 204 Å². The molecule has 0 amide bonds. The number of hydrogen-bond acceptors (Lipinski definition) is 19. The first-order valence-corrected chi connectivity index (χ1v) is 24.6. The van der Waals surface area contributed by atoms with Crippen LogP contribution in [-0.2, 0) is 33.2 Å². The van der Waals surface area contributed by atoms with Crippen LogP contribution in [0.2, 0.25) is 0 Å². The first kappa shape index (κ1) is 52.8. The van der Waals surface area contributed by atoms with Crippen LogP contribution in [0.4, 0.5) is 0 Å². The molecule has 0 radical (unpaired) electrons. The summed E-state index contributed by atoms with van der Waals surface area (Å²) in [5.41, 5.74) is -1.92. The van der Waals surface area contributed by atoms with E-state index in [0.29, 0.717) is 25.7 Å². The molecule has 7 fully saturated rings. The van der Waals surface area contributed by atoms with Crippen LogP contribution in [0.25, 0.3) is 0 Å². The second-order valence-electron chi connectivity index (χ2n) is 23.5. The van der Waals surface area contributed by atoms with Crippen molar-refractivity contribution in [3.05, 3.63) is 11.6 Å². The molecule has 3 heterocycles. The molecule has 390 valence electrons. The van der Waals surface area contributed by atoms with Crippen molar-refractivity contribution >= 4 is 5.97 Å². The van der Waals surface area contributed by atoms with Crippen LogP contribution in [-0.4, -0.2) is 203 Å². The number of allylic oxidation sites excluding steroid dienone is 2. The van der Waals surface area contributed by atoms with Gasteiger partial charge in [0.25, 0.3) is 0 Å². The zero-order chi connectivity index (χ0) is 49.8. The zero-order valence-electron chi connectivity index (χ0n) is 40.0. The van der Waals surface area contributed by atoms with Crippen molar-refractivity contribution in [3.63, 3.8) is 0 Å².